The van der Waals surface area contributed by atoms with Crippen LogP contribution >= 0.6 is 0 Å². The van der Waals surface area contributed by atoms with Crippen LogP contribution in [0.25, 0.3) is 10.9 Å². The molecule has 10 heteroatoms. The fourth-order valence-corrected chi connectivity index (χ4v) is 7.02. The van der Waals surface area contributed by atoms with Crippen LogP contribution in [0.5, 0.6) is 0 Å². The van der Waals surface area contributed by atoms with Gasteiger partial charge in [0.15, 0.2) is 0 Å². The lowest BCUT2D eigenvalue weighted by Gasteiger charge is -2.39. The van der Waals surface area contributed by atoms with E-state index in [-0.39, 0.29) is 23.9 Å². The number of ether oxygens (including phenoxy) is 1. The number of piperazine rings is 1. The van der Waals surface area contributed by atoms with E-state index in [0.717, 1.165) is 74.3 Å². The number of para-hydroxylation sites is 1. The van der Waals surface area contributed by atoms with Crippen molar-refractivity contribution in [1.29, 1.82) is 0 Å². The van der Waals surface area contributed by atoms with E-state index in [1.54, 1.807) is 0 Å². The number of likely N-dealkylation sites (tertiary alicyclic amines) is 2. The van der Waals surface area contributed by atoms with Crippen LogP contribution in [0.2, 0.25) is 0 Å². The topological polar surface area (TPSA) is 100 Å². The first-order valence-electron chi connectivity index (χ1n) is 14.4. The Hall–Kier alpha value is -3.14. The molecule has 3 amide bonds. The molecular weight excluding hydrogens is 496 g/mol. The third kappa shape index (κ3) is 4.99. The number of anilines is 1. The molecule has 0 spiro atoms. The van der Waals surface area contributed by atoms with Gasteiger partial charge in [-0.25, -0.2) is 4.79 Å². The van der Waals surface area contributed by atoms with Gasteiger partial charge in [0.1, 0.15) is 5.60 Å². The van der Waals surface area contributed by atoms with Gasteiger partial charge in [-0.3, -0.25) is 24.5 Å². The van der Waals surface area contributed by atoms with Crippen LogP contribution in [0.3, 0.4) is 0 Å². The molecule has 5 heterocycles. The minimum Gasteiger partial charge on any atom is -0.444 e. The van der Waals surface area contributed by atoms with Crippen LogP contribution in [0.4, 0.5) is 10.5 Å². The first-order chi connectivity index (χ1) is 18.6. The van der Waals surface area contributed by atoms with E-state index in [4.69, 9.17) is 9.84 Å². The second-order valence-electron chi connectivity index (χ2n) is 12.7. The maximum absolute atomic E-state index is 12.6. The van der Waals surface area contributed by atoms with Crippen molar-refractivity contribution in [2.45, 2.75) is 76.5 Å². The first-order valence-corrected chi connectivity index (χ1v) is 14.4. The molecule has 1 aromatic carbocycles. The standard InChI is InChI=1S/C29H40N6O4/c1-29(2,3)39-28(38)35-17-19-14-20(35)16-34(19)15-18-10-12-33(13-11-18)23-7-5-6-21-25(31-32(4)26(21)23)22-8-9-24(36)30-27(22)37/h5-7,18-20,22H,8-17H2,1-4H3,(H,30,36,37)/t19-,20-,22?/m0/s1. The number of nitrogens with one attached hydrogen (secondary N) is 1. The van der Waals surface area contributed by atoms with Gasteiger partial charge >= 0.3 is 6.09 Å². The lowest BCUT2D eigenvalue weighted by Crippen LogP contribution is -2.51. The number of carbonyl (C=O) groups is 3. The molecule has 2 bridgehead atoms. The van der Waals surface area contributed by atoms with Gasteiger partial charge in [0, 0.05) is 63.7 Å². The molecule has 1 N–H and O–H groups in total. The molecule has 0 saturated carbocycles. The number of hydrogen-bond donors (Lipinski definition) is 1. The molecule has 4 aliphatic heterocycles. The number of amides is 3. The molecule has 0 aliphatic carbocycles. The van der Waals surface area contributed by atoms with Crippen LogP contribution in [0.15, 0.2) is 18.2 Å². The van der Waals surface area contributed by atoms with Gasteiger partial charge in [0.05, 0.1) is 22.8 Å². The third-order valence-electron chi connectivity index (χ3n) is 8.87. The molecule has 6 rings (SSSR count). The summed E-state index contributed by atoms with van der Waals surface area (Å²) in [5.74, 6) is -0.209. The molecule has 39 heavy (non-hydrogen) atoms. The van der Waals surface area contributed by atoms with Crippen LogP contribution in [0, 0.1) is 5.92 Å². The second-order valence-corrected chi connectivity index (χ2v) is 12.7. The number of hydrogen-bond acceptors (Lipinski definition) is 7. The largest absolute Gasteiger partial charge is 0.444 e. The fourth-order valence-electron chi connectivity index (χ4n) is 7.02. The highest BCUT2D eigenvalue weighted by atomic mass is 16.6. The zero-order valence-corrected chi connectivity index (χ0v) is 23.5. The monoisotopic (exact) mass is 536 g/mol. The number of benzene rings is 1. The molecule has 3 atom stereocenters. The average molecular weight is 537 g/mol. The highest BCUT2D eigenvalue weighted by Gasteiger charge is 2.47. The number of aryl methyl sites for hydroxylation is 1. The first kappa shape index (κ1) is 26.1. The van der Waals surface area contributed by atoms with Crippen LogP contribution in [0.1, 0.15) is 64.5 Å². The van der Waals surface area contributed by atoms with Gasteiger partial charge in [-0.15, -0.1) is 0 Å². The lowest BCUT2D eigenvalue weighted by molar-refractivity contribution is -0.134. The number of fused-ring (bicyclic) bond motifs is 3. The molecule has 4 aliphatic rings. The molecule has 2 aromatic rings. The summed E-state index contributed by atoms with van der Waals surface area (Å²) in [7, 11) is 1.94. The highest BCUT2D eigenvalue weighted by Crippen LogP contribution is 2.37. The number of nitrogens with zero attached hydrogens (tertiary/aromatic N) is 5. The summed E-state index contributed by atoms with van der Waals surface area (Å²) in [5, 5.41) is 8.23. The summed E-state index contributed by atoms with van der Waals surface area (Å²) >= 11 is 0. The smallest absolute Gasteiger partial charge is 0.410 e. The Balaban J connectivity index is 1.08. The fraction of sp³-hybridized carbons (Fsp3) is 0.655. The van der Waals surface area contributed by atoms with E-state index in [1.165, 1.54) is 0 Å². The third-order valence-corrected chi connectivity index (χ3v) is 8.87. The molecule has 0 radical (unpaired) electrons. The molecule has 4 saturated heterocycles. The highest BCUT2D eigenvalue weighted by molar-refractivity contribution is 6.03. The summed E-state index contributed by atoms with van der Waals surface area (Å²) in [5.41, 5.74) is 2.51. The number of imide groups is 1. The van der Waals surface area contributed by atoms with Crippen molar-refractivity contribution in [2.75, 3.05) is 37.6 Å². The summed E-state index contributed by atoms with van der Waals surface area (Å²) in [6.07, 6.45) is 3.97. The maximum atomic E-state index is 12.6. The number of rotatable bonds is 4. The Labute approximate surface area is 229 Å². The Kier molecular flexibility index (Phi) is 6.56. The van der Waals surface area contributed by atoms with Crippen LogP contribution in [-0.4, -0.2) is 87.9 Å². The molecular formula is C29H40N6O4. The predicted octanol–water partition coefficient (Wildman–Crippen LogP) is 3.00. The Morgan fingerprint density at radius 2 is 1.87 bits per heavy atom. The second kappa shape index (κ2) is 9.80. The quantitative estimate of drug-likeness (QED) is 0.600. The van der Waals surface area contributed by atoms with Crippen molar-refractivity contribution in [2.24, 2.45) is 13.0 Å². The summed E-state index contributed by atoms with van der Waals surface area (Å²) in [6, 6.07) is 6.96. The summed E-state index contributed by atoms with van der Waals surface area (Å²) in [6.45, 7) is 10.5. The number of carbonyl (C=O) groups excluding carboxylic acids is 3. The van der Waals surface area contributed by atoms with Crippen LogP contribution < -0.4 is 10.2 Å². The molecule has 10 nitrogen and oxygen atoms in total. The van der Waals surface area contributed by atoms with Crippen molar-refractivity contribution < 1.29 is 19.1 Å². The molecule has 1 unspecified atom stereocenters. The van der Waals surface area contributed by atoms with Crippen molar-refractivity contribution >= 4 is 34.5 Å². The minimum atomic E-state index is -0.459. The average Bonchev–Trinajstić information content (AvgIpc) is 3.57. The SMILES string of the molecule is Cn1nc(C2CCC(=O)NC2=O)c2cccc(N3CCC(CN4C[C@@H]5C[C@H]4CN5C(=O)OC(C)(C)C)CC3)c21. The minimum absolute atomic E-state index is 0.173. The van der Waals surface area contributed by atoms with E-state index in [0.29, 0.717) is 24.8 Å². The van der Waals surface area contributed by atoms with Gasteiger partial charge in [0.2, 0.25) is 11.8 Å². The van der Waals surface area contributed by atoms with Gasteiger partial charge in [-0.05, 0) is 58.4 Å². The van der Waals surface area contributed by atoms with E-state index in [1.807, 2.05) is 43.5 Å². The van der Waals surface area contributed by atoms with Gasteiger partial charge in [-0.2, -0.15) is 5.10 Å². The van der Waals surface area contributed by atoms with Gasteiger partial charge < -0.3 is 14.5 Å². The van der Waals surface area contributed by atoms with E-state index in [2.05, 4.69) is 27.2 Å². The van der Waals surface area contributed by atoms with Crippen molar-refractivity contribution in [1.82, 2.24) is 24.9 Å². The predicted molar refractivity (Wildman–Crippen MR) is 147 cm³/mol. The normalized spacial score (nSPS) is 26.5. The zero-order chi connectivity index (χ0) is 27.5. The van der Waals surface area contributed by atoms with Gasteiger partial charge in [-0.1, -0.05) is 12.1 Å². The Morgan fingerprint density at radius 1 is 1.10 bits per heavy atom. The van der Waals surface area contributed by atoms with Crippen molar-refractivity contribution in [3.8, 4) is 0 Å². The van der Waals surface area contributed by atoms with Crippen molar-refractivity contribution in [3.63, 3.8) is 0 Å². The summed E-state index contributed by atoms with van der Waals surface area (Å²) in [4.78, 5) is 43.8. The number of aromatic nitrogens is 2. The zero-order valence-electron chi connectivity index (χ0n) is 23.5. The van der Waals surface area contributed by atoms with Crippen molar-refractivity contribution in [3.05, 3.63) is 23.9 Å². The molecule has 1 aromatic heterocycles. The number of piperidine rings is 2. The Bertz CT molecular complexity index is 1290. The summed E-state index contributed by atoms with van der Waals surface area (Å²) < 4.78 is 7.52. The molecule has 4 fully saturated rings. The molecule has 210 valence electrons. The maximum Gasteiger partial charge on any atom is 0.410 e. The lowest BCUT2D eigenvalue weighted by atomic mass is 9.92. The van der Waals surface area contributed by atoms with Gasteiger partial charge in [0.25, 0.3) is 0 Å². The van der Waals surface area contributed by atoms with E-state index >= 15 is 0 Å². The Morgan fingerprint density at radius 3 is 2.54 bits per heavy atom. The van der Waals surface area contributed by atoms with E-state index in [9.17, 15) is 14.4 Å². The van der Waals surface area contributed by atoms with Crippen LogP contribution in [-0.2, 0) is 21.4 Å². The van der Waals surface area contributed by atoms with E-state index < -0.39 is 11.5 Å².